The zero-order valence-corrected chi connectivity index (χ0v) is 6.54. The van der Waals surface area contributed by atoms with Gasteiger partial charge in [-0.05, 0) is 0 Å². The molecule has 0 aromatic carbocycles. The molecular weight excluding hydrogens is 170 g/mol. The quantitative estimate of drug-likeness (QED) is 0.337. The molecule has 0 bridgehead atoms. The van der Waals surface area contributed by atoms with Crippen LogP contribution in [0.5, 0.6) is 0 Å². The Labute approximate surface area is 69.9 Å². The summed E-state index contributed by atoms with van der Waals surface area (Å²) in [6, 6.07) is 0. The average molecular weight is 170 g/mol. The molecule has 0 radical (unpaired) electrons. The van der Waals surface area contributed by atoms with E-state index >= 15 is 0 Å². The third-order valence-electron chi connectivity index (χ3n) is 0. The minimum Gasteiger partial charge on any atom is 3.00 e. The van der Waals surface area contributed by atoms with Gasteiger partial charge >= 0.3 is 70.3 Å². The molecule has 0 spiro atoms. The van der Waals surface area contributed by atoms with Gasteiger partial charge in [-0.3, -0.25) is 0 Å². The molecule has 0 saturated heterocycles. The van der Waals surface area contributed by atoms with Gasteiger partial charge in [0.1, 0.15) is 0 Å². The summed E-state index contributed by atoms with van der Waals surface area (Å²) in [7, 11) is 0. The minimum atomic E-state index is -6.00. The van der Waals surface area contributed by atoms with E-state index in [1.54, 1.807) is 0 Å². The van der Waals surface area contributed by atoms with Gasteiger partial charge in [0, 0.05) is 0 Å². The SMILES string of the molecule is [Li+].[O-][Ti]([O-])([O-])[O-].[V+3]. The van der Waals surface area contributed by atoms with E-state index in [1.807, 2.05) is 0 Å². The zero-order valence-electron chi connectivity index (χ0n) is 3.58. The summed E-state index contributed by atoms with van der Waals surface area (Å²) in [5, 5.41) is 0. The molecule has 7 heteroatoms. The monoisotopic (exact) mass is 170 g/mol. The van der Waals surface area contributed by atoms with Crippen LogP contribution >= 0.6 is 0 Å². The maximum Gasteiger partial charge on any atom is 3.00 e. The van der Waals surface area contributed by atoms with Crippen molar-refractivity contribution >= 4 is 0 Å². The molecule has 0 aliphatic carbocycles. The predicted molar refractivity (Wildman–Crippen MR) is 0 cm³/mol. The molecule has 0 aliphatic heterocycles. The maximum atomic E-state index is 8.62. The van der Waals surface area contributed by atoms with Crippen LogP contribution in [0.3, 0.4) is 0 Å². The van der Waals surface area contributed by atoms with E-state index in [2.05, 4.69) is 0 Å². The molecule has 0 atom stereocenters. The normalized spacial score (nSPS) is 8.57. The largest absolute Gasteiger partial charge is 3.00 e. The van der Waals surface area contributed by atoms with Crippen LogP contribution in [0.1, 0.15) is 0 Å². The molecule has 0 N–H and O–H groups in total. The first-order chi connectivity index (χ1) is 2.00. The second-order valence-electron chi connectivity index (χ2n) is 0.500. The molecule has 4 nitrogen and oxygen atoms in total. The van der Waals surface area contributed by atoms with Gasteiger partial charge in [0.25, 0.3) is 0 Å². The van der Waals surface area contributed by atoms with Crippen molar-refractivity contribution in [2.24, 2.45) is 0 Å². The van der Waals surface area contributed by atoms with Crippen molar-refractivity contribution in [1.29, 1.82) is 0 Å². The van der Waals surface area contributed by atoms with Gasteiger partial charge < -0.3 is 0 Å². The number of rotatable bonds is 0. The second kappa shape index (κ2) is 5.87. The molecule has 0 saturated carbocycles. The maximum absolute atomic E-state index is 8.62. The Bertz CT molecular complexity index is 27.2. The van der Waals surface area contributed by atoms with Crippen LogP contribution in [0.4, 0.5) is 0 Å². The summed E-state index contributed by atoms with van der Waals surface area (Å²) in [5.41, 5.74) is 0. The van der Waals surface area contributed by atoms with Crippen molar-refractivity contribution in [2.45, 2.75) is 0 Å². The van der Waals surface area contributed by atoms with E-state index in [0.717, 1.165) is 0 Å². The fourth-order valence-electron chi connectivity index (χ4n) is 0. The van der Waals surface area contributed by atoms with Gasteiger partial charge in [-0.15, -0.1) is 0 Å². The molecule has 0 rings (SSSR count). The molecule has 0 unspecified atom stereocenters. The molecule has 0 aromatic rings. The topological polar surface area (TPSA) is 92.2 Å². The molecule has 7 heavy (non-hydrogen) atoms. The molecule has 0 aliphatic rings. The summed E-state index contributed by atoms with van der Waals surface area (Å²) >= 11 is -6.00. The fraction of sp³-hybridized carbons (Fsp3) is 0. The van der Waals surface area contributed by atoms with Crippen molar-refractivity contribution < 1.29 is 70.3 Å². The first-order valence-corrected chi connectivity index (χ1v) is 3.37. The Kier molecular flexibility index (Phi) is 13.3. The Morgan fingerprint density at radius 3 is 0.857 bits per heavy atom. The van der Waals surface area contributed by atoms with E-state index in [9.17, 15) is 0 Å². The third kappa shape index (κ3) is 84.5. The second-order valence-corrected chi connectivity index (χ2v) is 2.06. The van der Waals surface area contributed by atoms with Crippen molar-refractivity contribution in [3.05, 3.63) is 0 Å². The van der Waals surface area contributed by atoms with Gasteiger partial charge in [-0.25, -0.2) is 0 Å². The van der Waals surface area contributed by atoms with E-state index in [1.165, 1.54) is 0 Å². The van der Waals surface area contributed by atoms with Gasteiger partial charge in [0.15, 0.2) is 0 Å². The van der Waals surface area contributed by atoms with Crippen LogP contribution in [-0.2, 0) is 36.7 Å². The summed E-state index contributed by atoms with van der Waals surface area (Å²) in [5.74, 6) is 0. The number of hydrogen-bond donors (Lipinski definition) is 0. The molecule has 34 valence electrons. The first kappa shape index (κ1) is 15.9. The van der Waals surface area contributed by atoms with Crippen LogP contribution in [0.15, 0.2) is 0 Å². The minimum absolute atomic E-state index is 0. The van der Waals surface area contributed by atoms with Crippen LogP contribution in [0.2, 0.25) is 0 Å². The van der Waals surface area contributed by atoms with Crippen LogP contribution in [-0.4, -0.2) is 0 Å². The predicted octanol–water partition coefficient (Wildman–Crippen LogP) is -7.76. The van der Waals surface area contributed by atoms with E-state index in [0.29, 0.717) is 0 Å². The van der Waals surface area contributed by atoms with Crippen molar-refractivity contribution in [2.75, 3.05) is 0 Å². The Morgan fingerprint density at radius 2 is 0.857 bits per heavy atom. The Balaban J connectivity index is -0.0000000800. The van der Waals surface area contributed by atoms with Crippen LogP contribution in [0, 0.1) is 0 Å². The molecule has 0 fully saturated rings. The van der Waals surface area contributed by atoms with Crippen molar-refractivity contribution in [3.63, 3.8) is 0 Å². The van der Waals surface area contributed by atoms with E-state index in [4.69, 9.17) is 14.8 Å². The van der Waals surface area contributed by atoms with Crippen LogP contribution in [0.25, 0.3) is 0 Å². The molecule has 0 aromatic heterocycles. The Morgan fingerprint density at radius 1 is 0.857 bits per heavy atom. The van der Waals surface area contributed by atoms with Gasteiger partial charge in [0.05, 0.1) is 0 Å². The van der Waals surface area contributed by atoms with Gasteiger partial charge in [-0.2, -0.15) is 0 Å². The first-order valence-electron chi connectivity index (χ1n) is 0.816. The zero-order chi connectivity index (χ0) is 4.50. The van der Waals surface area contributed by atoms with Crippen molar-refractivity contribution in [1.82, 2.24) is 0 Å². The summed E-state index contributed by atoms with van der Waals surface area (Å²) in [6.45, 7) is 0. The van der Waals surface area contributed by atoms with E-state index in [-0.39, 0.29) is 37.4 Å². The third-order valence-corrected chi connectivity index (χ3v) is 0. The van der Waals surface area contributed by atoms with Gasteiger partial charge in [-0.1, -0.05) is 0 Å². The summed E-state index contributed by atoms with van der Waals surface area (Å²) < 4.78 is 34.5. The Hall–Kier alpha value is 1.74. The van der Waals surface area contributed by atoms with Crippen LogP contribution < -0.4 is 33.6 Å². The molecule has 0 amide bonds. The summed E-state index contributed by atoms with van der Waals surface area (Å²) in [4.78, 5) is 0. The van der Waals surface area contributed by atoms with Gasteiger partial charge in [0.2, 0.25) is 0 Å². The molecular formula is LiO4TiV. The number of hydrogen-bond acceptors (Lipinski definition) is 4. The fourth-order valence-corrected chi connectivity index (χ4v) is 0. The molecule has 0 heterocycles. The average Bonchev–Trinajstić information content (AvgIpc) is 0.722. The summed E-state index contributed by atoms with van der Waals surface area (Å²) in [6.07, 6.45) is 0. The smallest absolute Gasteiger partial charge is 3.00 e. The van der Waals surface area contributed by atoms with E-state index < -0.39 is 18.1 Å². The standard InChI is InChI=1S/Li.4O.Ti.V/q+1;4*-1;;+3. The van der Waals surface area contributed by atoms with Crippen molar-refractivity contribution in [3.8, 4) is 0 Å².